The topological polar surface area (TPSA) is 99.8 Å². The van der Waals surface area contributed by atoms with E-state index in [2.05, 4.69) is 25.8 Å². The van der Waals surface area contributed by atoms with Gasteiger partial charge in [0.1, 0.15) is 5.69 Å². The molecule has 0 bridgehead atoms. The molecule has 0 fully saturated rings. The number of benzene rings is 1. The van der Waals surface area contributed by atoms with E-state index in [1.807, 2.05) is 26.8 Å². The number of H-pyrrole nitrogens is 1. The van der Waals surface area contributed by atoms with E-state index in [1.165, 1.54) is 6.20 Å². The van der Waals surface area contributed by atoms with Crippen LogP contribution in [0.3, 0.4) is 0 Å². The van der Waals surface area contributed by atoms with Gasteiger partial charge in [-0.2, -0.15) is 5.10 Å². The predicted molar refractivity (Wildman–Crippen MR) is 105 cm³/mol. The lowest BCUT2D eigenvalue weighted by Crippen LogP contribution is -2.40. The Bertz CT molecular complexity index is 1010. The Labute approximate surface area is 161 Å². The van der Waals surface area contributed by atoms with E-state index in [-0.39, 0.29) is 29.5 Å². The maximum Gasteiger partial charge on any atom is 0.270 e. The highest BCUT2D eigenvalue weighted by Gasteiger charge is 2.17. The molecule has 0 radical (unpaired) electrons. The first-order valence-electron chi connectivity index (χ1n) is 8.41. The SMILES string of the molecule is CC(C)(C)NC(=O)c1cc(NC(=O)Cc2cc(Cl)c3cn[nH]c3c2)ccn1. The molecule has 3 rings (SSSR count). The van der Waals surface area contributed by atoms with Gasteiger partial charge < -0.3 is 10.6 Å². The number of nitrogens with one attached hydrogen (secondary N) is 3. The highest BCUT2D eigenvalue weighted by Crippen LogP contribution is 2.24. The number of carbonyl (C=O) groups excluding carboxylic acids is 2. The smallest absolute Gasteiger partial charge is 0.270 e. The second-order valence-electron chi connectivity index (χ2n) is 7.27. The second kappa shape index (κ2) is 7.36. The van der Waals surface area contributed by atoms with Crippen LogP contribution in [0.25, 0.3) is 10.9 Å². The Morgan fingerprint density at radius 1 is 1.22 bits per heavy atom. The van der Waals surface area contributed by atoms with Crippen LogP contribution in [0.1, 0.15) is 36.8 Å². The standard InChI is InChI=1S/C19H20ClN5O2/c1-19(2,3)24-18(27)16-9-12(4-5-21-16)23-17(26)8-11-6-14(20)13-10-22-25-15(13)7-11/h4-7,9-10H,8H2,1-3H3,(H,22,25)(H,24,27)(H,21,23,26). The summed E-state index contributed by atoms with van der Waals surface area (Å²) in [6, 6.07) is 6.76. The van der Waals surface area contributed by atoms with Gasteiger partial charge in [0.25, 0.3) is 5.91 Å². The Balaban J connectivity index is 1.70. The van der Waals surface area contributed by atoms with Crippen LogP contribution >= 0.6 is 11.6 Å². The van der Waals surface area contributed by atoms with E-state index in [0.717, 1.165) is 16.5 Å². The molecule has 1 aromatic carbocycles. The molecule has 7 nitrogen and oxygen atoms in total. The number of pyridine rings is 1. The number of fused-ring (bicyclic) bond motifs is 1. The molecule has 0 unspecified atom stereocenters. The van der Waals surface area contributed by atoms with E-state index < -0.39 is 0 Å². The van der Waals surface area contributed by atoms with Gasteiger partial charge in [-0.3, -0.25) is 19.7 Å². The number of rotatable bonds is 4. The largest absolute Gasteiger partial charge is 0.346 e. The number of amides is 2. The third kappa shape index (κ3) is 4.83. The first-order valence-corrected chi connectivity index (χ1v) is 8.79. The number of halogens is 1. The maximum atomic E-state index is 12.4. The van der Waals surface area contributed by atoms with Crippen molar-refractivity contribution in [3.8, 4) is 0 Å². The first-order chi connectivity index (χ1) is 12.7. The maximum absolute atomic E-state index is 12.4. The zero-order chi connectivity index (χ0) is 19.6. The molecule has 8 heteroatoms. The number of anilines is 1. The van der Waals surface area contributed by atoms with Gasteiger partial charge in [-0.25, -0.2) is 0 Å². The van der Waals surface area contributed by atoms with Crippen LogP contribution in [0.15, 0.2) is 36.7 Å². The summed E-state index contributed by atoms with van der Waals surface area (Å²) in [5.41, 5.74) is 1.90. The van der Waals surface area contributed by atoms with E-state index >= 15 is 0 Å². The average molecular weight is 386 g/mol. The molecule has 2 heterocycles. The van der Waals surface area contributed by atoms with Gasteiger partial charge in [-0.05, 0) is 50.6 Å². The van der Waals surface area contributed by atoms with E-state index in [0.29, 0.717) is 10.7 Å². The third-order valence-electron chi connectivity index (χ3n) is 3.70. The minimum absolute atomic E-state index is 0.139. The van der Waals surface area contributed by atoms with E-state index in [1.54, 1.807) is 24.4 Å². The average Bonchev–Trinajstić information content (AvgIpc) is 3.02. The van der Waals surface area contributed by atoms with E-state index in [4.69, 9.17) is 11.6 Å². The van der Waals surface area contributed by atoms with E-state index in [9.17, 15) is 9.59 Å². The van der Waals surface area contributed by atoms with Gasteiger partial charge in [-0.15, -0.1) is 0 Å². The van der Waals surface area contributed by atoms with Gasteiger partial charge in [0.15, 0.2) is 0 Å². The van der Waals surface area contributed by atoms with Crippen LogP contribution < -0.4 is 10.6 Å². The summed E-state index contributed by atoms with van der Waals surface area (Å²) in [6.45, 7) is 5.66. The highest BCUT2D eigenvalue weighted by molar-refractivity contribution is 6.35. The van der Waals surface area contributed by atoms with Gasteiger partial charge in [0.2, 0.25) is 5.91 Å². The summed E-state index contributed by atoms with van der Waals surface area (Å²) in [5.74, 6) is -0.520. The minimum Gasteiger partial charge on any atom is -0.346 e. The molecule has 0 aliphatic rings. The molecular weight excluding hydrogens is 366 g/mol. The third-order valence-corrected chi connectivity index (χ3v) is 4.01. The van der Waals surface area contributed by atoms with Crippen molar-refractivity contribution < 1.29 is 9.59 Å². The van der Waals surface area contributed by atoms with Crippen molar-refractivity contribution >= 4 is 40.0 Å². The zero-order valence-electron chi connectivity index (χ0n) is 15.3. The molecule has 140 valence electrons. The molecule has 0 atom stereocenters. The monoisotopic (exact) mass is 385 g/mol. The Morgan fingerprint density at radius 3 is 2.74 bits per heavy atom. The number of hydrogen-bond acceptors (Lipinski definition) is 4. The summed E-state index contributed by atoms with van der Waals surface area (Å²) in [5, 5.41) is 13.8. The number of aromatic nitrogens is 3. The summed E-state index contributed by atoms with van der Waals surface area (Å²) >= 11 is 6.21. The molecule has 3 N–H and O–H groups in total. The van der Waals surface area contributed by atoms with Crippen LogP contribution in [-0.2, 0) is 11.2 Å². The Morgan fingerprint density at radius 2 is 2.00 bits per heavy atom. The van der Waals surface area contributed by atoms with Gasteiger partial charge in [-0.1, -0.05) is 11.6 Å². The van der Waals surface area contributed by atoms with Crippen molar-refractivity contribution in [1.29, 1.82) is 0 Å². The first kappa shape index (κ1) is 18.8. The number of nitrogens with zero attached hydrogens (tertiary/aromatic N) is 2. The lowest BCUT2D eigenvalue weighted by molar-refractivity contribution is -0.115. The van der Waals surface area contributed by atoms with Crippen LogP contribution in [0.4, 0.5) is 5.69 Å². The van der Waals surface area contributed by atoms with Crippen LogP contribution in [-0.4, -0.2) is 32.5 Å². The summed E-state index contributed by atoms with van der Waals surface area (Å²) in [4.78, 5) is 28.7. The fourth-order valence-electron chi connectivity index (χ4n) is 2.59. The van der Waals surface area contributed by atoms with Crippen molar-refractivity contribution in [2.45, 2.75) is 32.7 Å². The van der Waals surface area contributed by atoms with Crippen molar-refractivity contribution in [2.24, 2.45) is 0 Å². The fraction of sp³-hybridized carbons (Fsp3) is 0.263. The molecule has 0 saturated heterocycles. The second-order valence-corrected chi connectivity index (χ2v) is 7.67. The van der Waals surface area contributed by atoms with Crippen molar-refractivity contribution in [1.82, 2.24) is 20.5 Å². The molecule has 27 heavy (non-hydrogen) atoms. The molecule has 0 spiro atoms. The molecule has 2 aromatic heterocycles. The van der Waals surface area contributed by atoms with Crippen LogP contribution in [0.2, 0.25) is 5.02 Å². The zero-order valence-corrected chi connectivity index (χ0v) is 16.0. The minimum atomic E-state index is -0.372. The summed E-state index contributed by atoms with van der Waals surface area (Å²) in [6.07, 6.45) is 3.27. The van der Waals surface area contributed by atoms with Gasteiger partial charge in [0.05, 0.1) is 23.2 Å². The van der Waals surface area contributed by atoms with Crippen molar-refractivity contribution in [3.63, 3.8) is 0 Å². The molecule has 0 saturated carbocycles. The predicted octanol–water partition coefficient (Wildman–Crippen LogP) is 3.32. The number of aromatic amines is 1. The van der Waals surface area contributed by atoms with Gasteiger partial charge in [0, 0.05) is 22.8 Å². The Kier molecular flexibility index (Phi) is 5.14. The fourth-order valence-corrected chi connectivity index (χ4v) is 2.88. The van der Waals surface area contributed by atoms with Crippen LogP contribution in [0, 0.1) is 0 Å². The van der Waals surface area contributed by atoms with Crippen LogP contribution in [0.5, 0.6) is 0 Å². The summed E-state index contributed by atoms with van der Waals surface area (Å²) in [7, 11) is 0. The lowest BCUT2D eigenvalue weighted by atomic mass is 10.1. The number of hydrogen-bond donors (Lipinski definition) is 3. The van der Waals surface area contributed by atoms with Gasteiger partial charge >= 0.3 is 0 Å². The molecule has 3 aromatic rings. The molecular formula is C19H20ClN5O2. The Hall–Kier alpha value is -2.93. The normalized spacial score (nSPS) is 11.4. The lowest BCUT2D eigenvalue weighted by Gasteiger charge is -2.20. The van der Waals surface area contributed by atoms with Crippen molar-refractivity contribution in [2.75, 3.05) is 5.32 Å². The summed E-state index contributed by atoms with van der Waals surface area (Å²) < 4.78 is 0. The number of carbonyl (C=O) groups is 2. The van der Waals surface area contributed by atoms with Crippen molar-refractivity contribution in [3.05, 3.63) is 52.9 Å². The molecule has 0 aliphatic carbocycles. The highest BCUT2D eigenvalue weighted by atomic mass is 35.5. The molecule has 2 amide bonds. The molecule has 0 aliphatic heterocycles. The quantitative estimate of drug-likeness (QED) is 0.641.